The minimum atomic E-state index is -2.87. The van der Waals surface area contributed by atoms with Crippen molar-refractivity contribution in [1.29, 1.82) is 0 Å². The van der Waals surface area contributed by atoms with E-state index >= 15 is 0 Å². The van der Waals surface area contributed by atoms with Crippen LogP contribution in [0, 0.1) is 0 Å². The molecule has 1 aromatic carbocycles. The van der Waals surface area contributed by atoms with Gasteiger partial charge in [-0.3, -0.25) is 4.90 Å². The Labute approximate surface area is 123 Å². The molecule has 1 aromatic rings. The van der Waals surface area contributed by atoms with Gasteiger partial charge in [-0.25, -0.2) is 0 Å². The van der Waals surface area contributed by atoms with Crippen LogP contribution >= 0.6 is 11.6 Å². The van der Waals surface area contributed by atoms with Crippen molar-refractivity contribution < 1.29 is 13.5 Å². The van der Waals surface area contributed by atoms with E-state index in [0.717, 1.165) is 0 Å². The summed E-state index contributed by atoms with van der Waals surface area (Å²) in [6.07, 6.45) is -0.202. The molecule has 0 saturated carbocycles. The second-order valence-corrected chi connectivity index (χ2v) is 6.20. The molecule has 1 atom stereocenters. The van der Waals surface area contributed by atoms with Gasteiger partial charge in [0.1, 0.15) is 0 Å². The summed E-state index contributed by atoms with van der Waals surface area (Å²) < 4.78 is 34.4. The normalized spacial score (nSPS) is 23.8. The zero-order valence-corrected chi connectivity index (χ0v) is 12.5. The highest BCUT2D eigenvalue weighted by Gasteiger charge is 2.39. The first-order valence-electron chi connectivity index (χ1n) is 6.72. The molecule has 0 aromatic heterocycles. The molecule has 1 unspecified atom stereocenters. The van der Waals surface area contributed by atoms with E-state index in [4.69, 9.17) is 16.3 Å². The molecule has 2 nitrogen and oxygen atoms in total. The molecule has 0 aliphatic carbocycles. The number of ether oxygens (including phenoxy) is 1. The van der Waals surface area contributed by atoms with E-state index in [1.165, 1.54) is 12.1 Å². The predicted molar refractivity (Wildman–Crippen MR) is 76.4 cm³/mol. The molecule has 5 heteroatoms. The molecular formula is C15H20ClF2NO. The molecule has 0 radical (unpaired) electrons. The third kappa shape index (κ3) is 3.90. The summed E-state index contributed by atoms with van der Waals surface area (Å²) in [5.74, 6) is -2.55. The standard InChI is InChI=1S/C15H20ClF2NO/c1-14(2)10-19(9-13(8-16)20-14)11-15(17,18)12-6-4-3-5-7-12/h3-7,13H,8-11H2,1-2H3. The Bertz CT molecular complexity index is 439. The Morgan fingerprint density at radius 2 is 2.00 bits per heavy atom. The van der Waals surface area contributed by atoms with Crippen LogP contribution in [0.15, 0.2) is 30.3 Å². The lowest BCUT2D eigenvalue weighted by Gasteiger charge is -2.43. The number of morpholine rings is 1. The maximum absolute atomic E-state index is 14.3. The second kappa shape index (κ2) is 5.96. The topological polar surface area (TPSA) is 12.5 Å². The summed E-state index contributed by atoms with van der Waals surface area (Å²) in [5.41, 5.74) is -0.406. The monoisotopic (exact) mass is 303 g/mol. The van der Waals surface area contributed by atoms with E-state index in [1.54, 1.807) is 23.1 Å². The first-order valence-corrected chi connectivity index (χ1v) is 7.25. The number of halogens is 3. The van der Waals surface area contributed by atoms with Gasteiger partial charge >= 0.3 is 0 Å². The van der Waals surface area contributed by atoms with E-state index in [2.05, 4.69) is 0 Å². The molecule has 20 heavy (non-hydrogen) atoms. The molecular weight excluding hydrogens is 284 g/mol. The maximum atomic E-state index is 14.3. The minimum absolute atomic E-state index is 0.0479. The van der Waals surface area contributed by atoms with E-state index in [-0.39, 0.29) is 18.2 Å². The molecule has 112 valence electrons. The van der Waals surface area contributed by atoms with Crippen molar-refractivity contribution in [1.82, 2.24) is 4.90 Å². The number of hydrogen-bond donors (Lipinski definition) is 0. The van der Waals surface area contributed by atoms with Crippen molar-refractivity contribution in [2.45, 2.75) is 31.5 Å². The van der Waals surface area contributed by atoms with Crippen LogP contribution in [0.2, 0.25) is 0 Å². The minimum Gasteiger partial charge on any atom is -0.368 e. The Hall–Kier alpha value is -0.710. The fourth-order valence-corrected chi connectivity index (χ4v) is 2.83. The van der Waals surface area contributed by atoms with Crippen LogP contribution in [0.4, 0.5) is 8.78 Å². The third-order valence-corrected chi connectivity index (χ3v) is 3.69. The molecule has 0 spiro atoms. The van der Waals surface area contributed by atoms with Gasteiger partial charge in [0.25, 0.3) is 5.92 Å². The van der Waals surface area contributed by atoms with Gasteiger partial charge in [0.05, 0.1) is 18.2 Å². The lowest BCUT2D eigenvalue weighted by Crippen LogP contribution is -2.55. The van der Waals surface area contributed by atoms with Crippen molar-refractivity contribution >= 4 is 11.6 Å². The second-order valence-electron chi connectivity index (χ2n) is 5.89. The largest absolute Gasteiger partial charge is 0.368 e. The summed E-state index contributed by atoms with van der Waals surface area (Å²) in [4.78, 5) is 1.74. The summed E-state index contributed by atoms with van der Waals surface area (Å²) in [6.45, 7) is 4.41. The Kier molecular flexibility index (Phi) is 4.67. The third-order valence-electron chi connectivity index (χ3n) is 3.34. The van der Waals surface area contributed by atoms with Gasteiger partial charge in [-0.1, -0.05) is 30.3 Å². The number of hydrogen-bond acceptors (Lipinski definition) is 2. The van der Waals surface area contributed by atoms with Crippen molar-refractivity contribution in [3.05, 3.63) is 35.9 Å². The Morgan fingerprint density at radius 1 is 1.35 bits per heavy atom. The molecule has 0 amide bonds. The molecule has 1 fully saturated rings. The highest BCUT2D eigenvalue weighted by atomic mass is 35.5. The van der Waals surface area contributed by atoms with E-state index < -0.39 is 11.5 Å². The van der Waals surface area contributed by atoms with E-state index in [1.807, 2.05) is 13.8 Å². The number of rotatable bonds is 4. The zero-order valence-electron chi connectivity index (χ0n) is 11.8. The SMILES string of the molecule is CC1(C)CN(CC(F)(F)c2ccccc2)CC(CCl)O1. The van der Waals surface area contributed by atoms with Crippen LogP contribution in [-0.2, 0) is 10.7 Å². The fourth-order valence-electron chi connectivity index (χ4n) is 2.67. The van der Waals surface area contributed by atoms with Gasteiger partial charge in [0, 0.05) is 24.5 Å². The van der Waals surface area contributed by atoms with Crippen molar-refractivity contribution in [3.63, 3.8) is 0 Å². The number of alkyl halides is 3. The lowest BCUT2D eigenvalue weighted by atomic mass is 10.0. The molecule has 1 saturated heterocycles. The molecule has 0 N–H and O–H groups in total. The fraction of sp³-hybridized carbons (Fsp3) is 0.600. The van der Waals surface area contributed by atoms with Crippen LogP contribution in [-0.4, -0.2) is 42.1 Å². The summed E-state index contributed by atoms with van der Waals surface area (Å²) >= 11 is 5.82. The van der Waals surface area contributed by atoms with Crippen LogP contribution in [0.3, 0.4) is 0 Å². The number of nitrogens with zero attached hydrogens (tertiary/aromatic N) is 1. The van der Waals surface area contributed by atoms with Gasteiger partial charge in [-0.2, -0.15) is 8.78 Å². The van der Waals surface area contributed by atoms with Crippen molar-refractivity contribution in [2.24, 2.45) is 0 Å². The Morgan fingerprint density at radius 3 is 2.60 bits per heavy atom. The van der Waals surface area contributed by atoms with Crippen molar-refractivity contribution in [2.75, 3.05) is 25.5 Å². The van der Waals surface area contributed by atoms with E-state index in [0.29, 0.717) is 19.0 Å². The molecule has 0 bridgehead atoms. The van der Waals surface area contributed by atoms with E-state index in [9.17, 15) is 8.78 Å². The van der Waals surface area contributed by atoms with Crippen LogP contribution in [0.1, 0.15) is 19.4 Å². The average Bonchev–Trinajstić information content (AvgIpc) is 2.37. The van der Waals surface area contributed by atoms with Crippen LogP contribution in [0.25, 0.3) is 0 Å². The highest BCUT2D eigenvalue weighted by molar-refractivity contribution is 6.18. The highest BCUT2D eigenvalue weighted by Crippen LogP contribution is 2.31. The first-order chi connectivity index (χ1) is 9.32. The lowest BCUT2D eigenvalue weighted by molar-refractivity contribution is -0.147. The van der Waals surface area contributed by atoms with Gasteiger partial charge in [0.2, 0.25) is 0 Å². The molecule has 2 rings (SSSR count). The maximum Gasteiger partial charge on any atom is 0.285 e. The molecule has 1 aliphatic rings. The number of benzene rings is 1. The first kappa shape index (κ1) is 15.7. The van der Waals surface area contributed by atoms with Gasteiger partial charge in [0.15, 0.2) is 0 Å². The Balaban J connectivity index is 2.08. The quantitative estimate of drug-likeness (QED) is 0.790. The molecule has 1 heterocycles. The summed E-state index contributed by atoms with van der Waals surface area (Å²) in [5, 5.41) is 0. The van der Waals surface area contributed by atoms with Gasteiger partial charge in [-0.05, 0) is 13.8 Å². The van der Waals surface area contributed by atoms with Crippen LogP contribution in [0.5, 0.6) is 0 Å². The molecule has 1 aliphatic heterocycles. The van der Waals surface area contributed by atoms with Crippen molar-refractivity contribution in [3.8, 4) is 0 Å². The average molecular weight is 304 g/mol. The predicted octanol–water partition coefficient (Wildman–Crippen LogP) is 3.50. The summed E-state index contributed by atoms with van der Waals surface area (Å²) in [7, 11) is 0. The summed E-state index contributed by atoms with van der Waals surface area (Å²) in [6, 6.07) is 7.93. The smallest absolute Gasteiger partial charge is 0.285 e. The van der Waals surface area contributed by atoms with Gasteiger partial charge in [-0.15, -0.1) is 11.6 Å². The zero-order chi connectivity index (χ0) is 14.8. The van der Waals surface area contributed by atoms with Crippen LogP contribution < -0.4 is 0 Å². The van der Waals surface area contributed by atoms with Gasteiger partial charge < -0.3 is 4.74 Å².